The molecule has 1 aromatic rings. The highest BCUT2D eigenvalue weighted by Crippen LogP contribution is 2.31. The summed E-state index contributed by atoms with van der Waals surface area (Å²) < 4.78 is 4.76. The number of likely N-dealkylation sites (N-methyl/N-ethyl adjacent to an activating group) is 1. The Morgan fingerprint density at radius 3 is 2.56 bits per heavy atom. The lowest BCUT2D eigenvalue weighted by Gasteiger charge is -2.34. The van der Waals surface area contributed by atoms with Gasteiger partial charge in [0.15, 0.2) is 0 Å². The highest BCUT2D eigenvalue weighted by Gasteiger charge is 2.29. The van der Waals surface area contributed by atoms with Crippen LogP contribution in [0.1, 0.15) is 6.92 Å². The van der Waals surface area contributed by atoms with Gasteiger partial charge in [-0.1, -0.05) is 12.1 Å². The fourth-order valence-corrected chi connectivity index (χ4v) is 2.02. The van der Waals surface area contributed by atoms with Gasteiger partial charge >= 0.3 is 11.9 Å². The van der Waals surface area contributed by atoms with Gasteiger partial charge in [0.1, 0.15) is 0 Å². The number of anilines is 2. The summed E-state index contributed by atoms with van der Waals surface area (Å²) in [4.78, 5) is 27.0. The molecule has 0 spiro atoms. The highest BCUT2D eigenvalue weighted by atomic mass is 16.5. The van der Waals surface area contributed by atoms with Crippen LogP contribution in [0.25, 0.3) is 0 Å². The van der Waals surface area contributed by atoms with E-state index in [2.05, 4.69) is 4.90 Å². The number of carbonyl (C=O) groups excluding carboxylic acids is 2. The number of para-hydroxylation sites is 2. The lowest BCUT2D eigenvalue weighted by Crippen LogP contribution is -2.46. The minimum absolute atomic E-state index is 0.208. The molecule has 0 aromatic heterocycles. The van der Waals surface area contributed by atoms with Crippen LogP contribution in [0.3, 0.4) is 0 Å². The van der Waals surface area contributed by atoms with Gasteiger partial charge < -0.3 is 9.64 Å². The topological polar surface area (TPSA) is 49.9 Å². The van der Waals surface area contributed by atoms with Gasteiger partial charge in [-0.2, -0.15) is 0 Å². The first kappa shape index (κ1) is 12.4. The Bertz CT molecular complexity index is 473. The molecule has 2 rings (SSSR count). The molecule has 0 N–H and O–H groups in total. The third-order valence-electron chi connectivity index (χ3n) is 2.94. The molecule has 0 radical (unpaired) electrons. The van der Waals surface area contributed by atoms with Gasteiger partial charge in [-0.25, -0.2) is 4.79 Å². The molecule has 0 saturated heterocycles. The van der Waals surface area contributed by atoms with Crippen molar-refractivity contribution in [3.63, 3.8) is 0 Å². The van der Waals surface area contributed by atoms with Gasteiger partial charge in [-0.3, -0.25) is 9.69 Å². The van der Waals surface area contributed by atoms with E-state index in [0.29, 0.717) is 13.1 Å². The molecule has 1 aromatic carbocycles. The molecule has 1 heterocycles. The van der Waals surface area contributed by atoms with Crippen LogP contribution in [0.2, 0.25) is 0 Å². The third kappa shape index (κ3) is 2.16. The predicted octanol–water partition coefficient (Wildman–Crippen LogP) is 1.03. The summed E-state index contributed by atoms with van der Waals surface area (Å²) in [6.07, 6.45) is 0. The number of amides is 1. The first-order chi connectivity index (χ1) is 8.65. The van der Waals surface area contributed by atoms with Crippen molar-refractivity contribution in [2.24, 2.45) is 0 Å². The van der Waals surface area contributed by atoms with Gasteiger partial charge in [0.2, 0.25) is 0 Å². The van der Waals surface area contributed by atoms with E-state index in [1.165, 1.54) is 4.90 Å². The van der Waals surface area contributed by atoms with E-state index in [9.17, 15) is 9.59 Å². The number of ether oxygens (including phenoxy) is 1. The smallest absolute Gasteiger partial charge is 0.397 e. The fourth-order valence-electron chi connectivity index (χ4n) is 2.02. The number of hydrogen-bond acceptors (Lipinski definition) is 4. The normalized spacial score (nSPS) is 14.1. The molecule has 0 fully saturated rings. The van der Waals surface area contributed by atoms with Crippen molar-refractivity contribution in [1.82, 2.24) is 0 Å². The van der Waals surface area contributed by atoms with E-state index in [0.717, 1.165) is 11.4 Å². The molecule has 0 aliphatic carbocycles. The van der Waals surface area contributed by atoms with Crippen molar-refractivity contribution in [1.29, 1.82) is 0 Å². The van der Waals surface area contributed by atoms with Crippen LogP contribution in [-0.4, -0.2) is 38.6 Å². The van der Waals surface area contributed by atoms with Crippen molar-refractivity contribution < 1.29 is 14.3 Å². The monoisotopic (exact) mass is 248 g/mol. The van der Waals surface area contributed by atoms with Crippen LogP contribution in [0, 0.1) is 0 Å². The first-order valence-electron chi connectivity index (χ1n) is 5.94. The Morgan fingerprint density at radius 2 is 1.89 bits per heavy atom. The zero-order valence-corrected chi connectivity index (χ0v) is 10.5. The van der Waals surface area contributed by atoms with Gasteiger partial charge in [0, 0.05) is 20.1 Å². The van der Waals surface area contributed by atoms with Crippen molar-refractivity contribution in [2.45, 2.75) is 6.92 Å². The summed E-state index contributed by atoms with van der Waals surface area (Å²) in [6.45, 7) is 3.08. The van der Waals surface area contributed by atoms with Crippen molar-refractivity contribution >= 4 is 23.3 Å². The summed E-state index contributed by atoms with van der Waals surface area (Å²) in [5.74, 6) is -1.39. The van der Waals surface area contributed by atoms with Crippen molar-refractivity contribution in [3.8, 4) is 0 Å². The Labute approximate surface area is 106 Å². The van der Waals surface area contributed by atoms with Crippen LogP contribution in [0.4, 0.5) is 11.4 Å². The van der Waals surface area contributed by atoms with E-state index < -0.39 is 11.9 Å². The summed E-state index contributed by atoms with van der Waals surface area (Å²) in [7, 11) is 1.96. The van der Waals surface area contributed by atoms with E-state index in [4.69, 9.17) is 4.74 Å². The Morgan fingerprint density at radius 1 is 1.22 bits per heavy atom. The van der Waals surface area contributed by atoms with E-state index >= 15 is 0 Å². The molecule has 0 bridgehead atoms. The number of carbonyl (C=O) groups is 2. The second-order valence-electron chi connectivity index (χ2n) is 4.09. The molecule has 1 aliphatic rings. The standard InChI is InChI=1S/C13H16N2O3/c1-3-18-13(17)12(16)15-9-8-14(2)10-6-4-5-7-11(10)15/h4-7H,3,8-9H2,1-2H3. The second-order valence-corrected chi connectivity index (χ2v) is 4.09. The number of fused-ring (bicyclic) bond motifs is 1. The van der Waals surface area contributed by atoms with Crippen LogP contribution in [0.5, 0.6) is 0 Å². The molecule has 1 aliphatic heterocycles. The minimum atomic E-state index is -0.795. The Kier molecular flexibility index (Phi) is 3.50. The zero-order valence-electron chi connectivity index (χ0n) is 10.5. The van der Waals surface area contributed by atoms with Crippen LogP contribution in [-0.2, 0) is 14.3 Å². The maximum absolute atomic E-state index is 12.0. The number of nitrogens with zero attached hydrogens (tertiary/aromatic N) is 2. The quantitative estimate of drug-likeness (QED) is 0.550. The average Bonchev–Trinajstić information content (AvgIpc) is 2.39. The number of rotatable bonds is 1. The van der Waals surface area contributed by atoms with Crippen molar-refractivity contribution in [2.75, 3.05) is 36.5 Å². The molecule has 0 saturated carbocycles. The van der Waals surface area contributed by atoms with E-state index in [-0.39, 0.29) is 6.61 Å². The van der Waals surface area contributed by atoms with Gasteiger partial charge in [0.25, 0.3) is 0 Å². The van der Waals surface area contributed by atoms with E-state index in [1.807, 2.05) is 31.3 Å². The van der Waals surface area contributed by atoms with Crippen LogP contribution >= 0.6 is 0 Å². The molecular weight excluding hydrogens is 232 g/mol. The van der Waals surface area contributed by atoms with Crippen LogP contribution < -0.4 is 9.80 Å². The lowest BCUT2D eigenvalue weighted by molar-refractivity contribution is -0.153. The summed E-state index contributed by atoms with van der Waals surface area (Å²) in [5.41, 5.74) is 1.70. The maximum atomic E-state index is 12.0. The summed E-state index contributed by atoms with van der Waals surface area (Å²) in [6, 6.07) is 7.53. The average molecular weight is 248 g/mol. The minimum Gasteiger partial charge on any atom is -0.459 e. The number of benzene rings is 1. The number of esters is 1. The predicted molar refractivity (Wildman–Crippen MR) is 68.7 cm³/mol. The second kappa shape index (κ2) is 5.08. The zero-order chi connectivity index (χ0) is 13.1. The van der Waals surface area contributed by atoms with Gasteiger partial charge in [0.05, 0.1) is 18.0 Å². The summed E-state index contributed by atoms with van der Waals surface area (Å²) >= 11 is 0. The SMILES string of the molecule is CCOC(=O)C(=O)N1CCN(C)c2ccccc21. The first-order valence-corrected chi connectivity index (χ1v) is 5.94. The number of hydrogen-bond donors (Lipinski definition) is 0. The summed E-state index contributed by atoms with van der Waals surface area (Å²) in [5, 5.41) is 0. The lowest BCUT2D eigenvalue weighted by atomic mass is 10.1. The molecule has 96 valence electrons. The maximum Gasteiger partial charge on any atom is 0.397 e. The molecule has 5 heteroatoms. The molecule has 1 amide bonds. The fraction of sp³-hybridized carbons (Fsp3) is 0.385. The molecule has 5 nitrogen and oxygen atoms in total. The van der Waals surface area contributed by atoms with Gasteiger partial charge in [-0.15, -0.1) is 0 Å². The van der Waals surface area contributed by atoms with Gasteiger partial charge in [-0.05, 0) is 19.1 Å². The molecule has 0 unspecified atom stereocenters. The van der Waals surface area contributed by atoms with E-state index in [1.54, 1.807) is 6.92 Å². The van der Waals surface area contributed by atoms with Crippen molar-refractivity contribution in [3.05, 3.63) is 24.3 Å². The Balaban J connectivity index is 2.29. The largest absolute Gasteiger partial charge is 0.459 e. The third-order valence-corrected chi connectivity index (χ3v) is 2.94. The molecule has 18 heavy (non-hydrogen) atoms. The molecule has 0 atom stereocenters. The highest BCUT2D eigenvalue weighted by molar-refractivity contribution is 6.38. The Hall–Kier alpha value is -2.04. The molecular formula is C13H16N2O3. The van der Waals surface area contributed by atoms with Crippen LogP contribution in [0.15, 0.2) is 24.3 Å².